The fraction of sp³-hybridized carbons (Fsp3) is 0.500. The Morgan fingerprint density at radius 2 is 2.54 bits per heavy atom. The van der Waals surface area contributed by atoms with Crippen molar-refractivity contribution >= 4 is 17.4 Å². The molecule has 0 aromatic carbocycles. The molecule has 1 heterocycles. The molecular formula is C6H8ClN3O3. The Morgan fingerprint density at radius 1 is 1.85 bits per heavy atom. The van der Waals surface area contributed by atoms with Crippen LogP contribution >= 0.6 is 11.6 Å². The fourth-order valence-corrected chi connectivity index (χ4v) is 0.912. The molecule has 0 saturated carbocycles. The van der Waals surface area contributed by atoms with E-state index in [0.29, 0.717) is 0 Å². The maximum Gasteiger partial charge on any atom is 0.389 e. The number of aliphatic hydroxyl groups excluding tert-OH is 1. The molecule has 13 heavy (non-hydrogen) atoms. The largest absolute Gasteiger partial charge is 0.390 e. The van der Waals surface area contributed by atoms with Gasteiger partial charge in [-0.15, -0.1) is 11.6 Å². The van der Waals surface area contributed by atoms with Gasteiger partial charge in [0.25, 0.3) is 0 Å². The summed E-state index contributed by atoms with van der Waals surface area (Å²) in [7, 11) is 0. The second-order valence-corrected chi connectivity index (χ2v) is 2.77. The lowest BCUT2D eigenvalue weighted by Gasteiger charge is -2.01. The molecule has 0 spiro atoms. The molecular weight excluding hydrogens is 198 g/mol. The summed E-state index contributed by atoms with van der Waals surface area (Å²) in [6, 6.07) is 1.26. The molecule has 0 aliphatic heterocycles. The summed E-state index contributed by atoms with van der Waals surface area (Å²) in [5, 5.41) is 22.9. The first kappa shape index (κ1) is 9.94. The van der Waals surface area contributed by atoms with Gasteiger partial charge in [-0.05, 0) is 4.92 Å². The molecule has 7 heteroatoms. The van der Waals surface area contributed by atoms with Crippen molar-refractivity contribution in [1.29, 1.82) is 0 Å². The minimum absolute atomic E-state index is 0.0770. The Balaban J connectivity index is 2.64. The Labute approximate surface area is 78.9 Å². The average molecular weight is 206 g/mol. The van der Waals surface area contributed by atoms with Crippen molar-refractivity contribution in [2.75, 3.05) is 5.88 Å². The lowest BCUT2D eigenvalue weighted by Crippen LogP contribution is -2.17. The van der Waals surface area contributed by atoms with Gasteiger partial charge in [0.1, 0.15) is 0 Å². The first-order chi connectivity index (χ1) is 6.13. The summed E-state index contributed by atoms with van der Waals surface area (Å²) in [5.41, 5.74) is 0. The molecule has 1 N–H and O–H groups in total. The van der Waals surface area contributed by atoms with E-state index in [1.165, 1.54) is 16.9 Å². The van der Waals surface area contributed by atoms with Gasteiger partial charge in [-0.1, -0.05) is 0 Å². The SMILES string of the molecule is O=[N+]([O-])c1ccn(CC(O)CCl)n1. The summed E-state index contributed by atoms with van der Waals surface area (Å²) >= 11 is 5.35. The van der Waals surface area contributed by atoms with Gasteiger partial charge in [-0.2, -0.15) is 4.68 Å². The second-order valence-electron chi connectivity index (χ2n) is 2.46. The van der Waals surface area contributed by atoms with Crippen molar-refractivity contribution in [3.63, 3.8) is 0 Å². The number of hydrogen-bond donors (Lipinski definition) is 1. The standard InChI is InChI=1S/C6H8ClN3O3/c7-3-5(11)4-9-2-1-6(8-9)10(12)13/h1-2,5,11H,3-4H2. The number of rotatable bonds is 4. The van der Waals surface area contributed by atoms with Gasteiger partial charge in [-0.25, -0.2) is 0 Å². The highest BCUT2D eigenvalue weighted by Gasteiger charge is 2.12. The molecule has 0 saturated heterocycles. The lowest BCUT2D eigenvalue weighted by molar-refractivity contribution is -0.389. The first-order valence-electron chi connectivity index (χ1n) is 3.55. The Bertz CT molecular complexity index is 301. The van der Waals surface area contributed by atoms with Crippen LogP contribution in [0.1, 0.15) is 0 Å². The number of nitro groups is 1. The molecule has 1 aromatic rings. The van der Waals surface area contributed by atoms with Crippen LogP contribution in [0, 0.1) is 10.1 Å². The number of hydrogen-bond acceptors (Lipinski definition) is 4. The summed E-state index contributed by atoms with van der Waals surface area (Å²) in [6.07, 6.45) is 0.689. The minimum Gasteiger partial charge on any atom is -0.390 e. The molecule has 1 atom stereocenters. The summed E-state index contributed by atoms with van der Waals surface area (Å²) < 4.78 is 1.28. The molecule has 72 valence electrons. The highest BCUT2D eigenvalue weighted by Crippen LogP contribution is 2.05. The van der Waals surface area contributed by atoms with Crippen LogP contribution in [0.3, 0.4) is 0 Å². The van der Waals surface area contributed by atoms with Crippen LogP contribution in [0.2, 0.25) is 0 Å². The molecule has 0 radical (unpaired) electrons. The van der Waals surface area contributed by atoms with Crippen LogP contribution < -0.4 is 0 Å². The number of nitrogens with zero attached hydrogens (tertiary/aromatic N) is 3. The van der Waals surface area contributed by atoms with E-state index in [1.807, 2.05) is 0 Å². The van der Waals surface area contributed by atoms with E-state index in [2.05, 4.69) is 5.10 Å². The average Bonchev–Trinajstić information content (AvgIpc) is 2.52. The van der Waals surface area contributed by atoms with Crippen molar-refractivity contribution in [3.8, 4) is 0 Å². The third-order valence-corrected chi connectivity index (χ3v) is 1.75. The van der Waals surface area contributed by atoms with Crippen molar-refractivity contribution in [3.05, 3.63) is 22.4 Å². The van der Waals surface area contributed by atoms with Crippen molar-refractivity contribution < 1.29 is 10.0 Å². The maximum absolute atomic E-state index is 10.2. The molecule has 0 aliphatic carbocycles. The zero-order chi connectivity index (χ0) is 9.84. The van der Waals surface area contributed by atoms with Gasteiger partial charge in [0.05, 0.1) is 35.9 Å². The van der Waals surface area contributed by atoms with E-state index < -0.39 is 11.0 Å². The van der Waals surface area contributed by atoms with Crippen molar-refractivity contribution in [2.24, 2.45) is 0 Å². The van der Waals surface area contributed by atoms with Gasteiger partial charge in [0.15, 0.2) is 0 Å². The van der Waals surface area contributed by atoms with Gasteiger partial charge >= 0.3 is 5.82 Å². The van der Waals surface area contributed by atoms with Gasteiger partial charge < -0.3 is 15.2 Å². The van der Waals surface area contributed by atoms with Crippen LogP contribution in [0.25, 0.3) is 0 Å². The van der Waals surface area contributed by atoms with Gasteiger partial charge in [0, 0.05) is 0 Å². The van der Waals surface area contributed by atoms with Crippen LogP contribution in [-0.2, 0) is 6.54 Å². The van der Waals surface area contributed by atoms with Crippen molar-refractivity contribution in [2.45, 2.75) is 12.6 Å². The van der Waals surface area contributed by atoms with Crippen LogP contribution in [0.5, 0.6) is 0 Å². The molecule has 1 rings (SSSR count). The molecule has 0 fully saturated rings. The quantitative estimate of drug-likeness (QED) is 0.438. The summed E-state index contributed by atoms with van der Waals surface area (Å²) in [5.74, 6) is -0.157. The Kier molecular flexibility index (Phi) is 3.21. The number of alkyl halides is 1. The van der Waals surface area contributed by atoms with E-state index >= 15 is 0 Å². The summed E-state index contributed by atoms with van der Waals surface area (Å²) in [4.78, 5) is 9.62. The number of aromatic nitrogens is 2. The van der Waals surface area contributed by atoms with Gasteiger partial charge in [-0.3, -0.25) is 0 Å². The molecule has 0 bridgehead atoms. The van der Waals surface area contributed by atoms with Crippen LogP contribution in [-0.4, -0.2) is 31.8 Å². The zero-order valence-electron chi connectivity index (χ0n) is 6.63. The van der Waals surface area contributed by atoms with Gasteiger partial charge in [0.2, 0.25) is 0 Å². The van der Waals surface area contributed by atoms with E-state index in [1.54, 1.807) is 0 Å². The highest BCUT2D eigenvalue weighted by molar-refractivity contribution is 6.18. The number of halogens is 1. The van der Waals surface area contributed by atoms with E-state index in [-0.39, 0.29) is 18.2 Å². The third kappa shape index (κ3) is 2.67. The predicted octanol–water partition coefficient (Wildman–Crippen LogP) is 0.391. The lowest BCUT2D eigenvalue weighted by atomic mass is 10.4. The molecule has 6 nitrogen and oxygen atoms in total. The minimum atomic E-state index is -0.735. The first-order valence-corrected chi connectivity index (χ1v) is 4.09. The Hall–Kier alpha value is -1.14. The number of aliphatic hydroxyl groups is 1. The topological polar surface area (TPSA) is 81.2 Å². The highest BCUT2D eigenvalue weighted by atomic mass is 35.5. The van der Waals surface area contributed by atoms with E-state index in [0.717, 1.165) is 0 Å². The normalized spacial score (nSPS) is 12.8. The zero-order valence-corrected chi connectivity index (χ0v) is 7.39. The fourth-order valence-electron chi connectivity index (χ4n) is 0.815. The summed E-state index contributed by atoms with van der Waals surface area (Å²) in [6.45, 7) is 0.164. The van der Waals surface area contributed by atoms with Crippen LogP contribution in [0.4, 0.5) is 5.82 Å². The second kappa shape index (κ2) is 4.20. The monoisotopic (exact) mass is 205 g/mol. The predicted molar refractivity (Wildman–Crippen MR) is 45.6 cm³/mol. The Morgan fingerprint density at radius 3 is 3.00 bits per heavy atom. The molecule has 1 unspecified atom stereocenters. The van der Waals surface area contributed by atoms with Crippen molar-refractivity contribution in [1.82, 2.24) is 9.78 Å². The smallest absolute Gasteiger partial charge is 0.389 e. The maximum atomic E-state index is 10.2. The van der Waals surface area contributed by atoms with E-state index in [4.69, 9.17) is 16.7 Å². The van der Waals surface area contributed by atoms with Crippen LogP contribution in [0.15, 0.2) is 12.3 Å². The molecule has 0 aliphatic rings. The third-order valence-electron chi connectivity index (χ3n) is 1.39. The molecule has 0 amide bonds. The van der Waals surface area contributed by atoms with E-state index in [9.17, 15) is 10.1 Å². The molecule has 1 aromatic heterocycles.